The molecule has 2 heterocycles. The van der Waals surface area contributed by atoms with Crippen molar-refractivity contribution >= 4 is 27.7 Å². The molecule has 0 aromatic carbocycles. The molecule has 2 N–H and O–H groups in total. The number of carbonyl (C=O) groups excluding carboxylic acids is 1. The fourth-order valence-corrected chi connectivity index (χ4v) is 2.36. The second-order valence-corrected chi connectivity index (χ2v) is 5.26. The number of amides is 1. The van der Waals surface area contributed by atoms with Crippen LogP contribution < -0.4 is 5.73 Å². The minimum atomic E-state index is -0.290. The van der Waals surface area contributed by atoms with E-state index in [9.17, 15) is 4.79 Å². The Balaban J connectivity index is 2.08. The van der Waals surface area contributed by atoms with E-state index < -0.39 is 0 Å². The molecule has 1 aromatic rings. The van der Waals surface area contributed by atoms with Crippen molar-refractivity contribution < 1.29 is 4.79 Å². The Morgan fingerprint density at radius 2 is 2.12 bits per heavy atom. The first-order valence-corrected chi connectivity index (χ1v) is 6.68. The molecule has 2 rings (SSSR count). The van der Waals surface area contributed by atoms with Gasteiger partial charge in [0.25, 0.3) is 0 Å². The summed E-state index contributed by atoms with van der Waals surface area (Å²) in [7, 11) is 0. The van der Waals surface area contributed by atoms with Crippen molar-refractivity contribution in [1.82, 2.24) is 14.7 Å². The zero-order valence-electron chi connectivity index (χ0n) is 9.90. The number of carbonyl (C=O) groups is 1. The molecule has 94 valence electrons. The minimum Gasteiger partial charge on any atom is -0.381 e. The maximum atomic E-state index is 12.2. The average molecular weight is 301 g/mol. The van der Waals surface area contributed by atoms with Gasteiger partial charge in [0, 0.05) is 19.3 Å². The lowest BCUT2D eigenvalue weighted by atomic mass is 10.1. The van der Waals surface area contributed by atoms with Gasteiger partial charge in [0.1, 0.15) is 6.04 Å². The van der Waals surface area contributed by atoms with E-state index in [2.05, 4.69) is 21.0 Å². The van der Waals surface area contributed by atoms with Gasteiger partial charge in [0.2, 0.25) is 5.91 Å². The molecule has 6 heteroatoms. The number of aromatic nitrogens is 2. The van der Waals surface area contributed by atoms with E-state index in [0.717, 1.165) is 30.4 Å². The third kappa shape index (κ3) is 2.62. The van der Waals surface area contributed by atoms with Gasteiger partial charge in [-0.15, -0.1) is 0 Å². The van der Waals surface area contributed by atoms with Gasteiger partial charge < -0.3 is 10.6 Å². The second kappa shape index (κ2) is 5.08. The molecular formula is C11H17BrN4O. The number of anilines is 1. The lowest BCUT2D eigenvalue weighted by Gasteiger charge is -2.29. The Bertz CT molecular complexity index is 392. The Morgan fingerprint density at radius 3 is 2.65 bits per heavy atom. The van der Waals surface area contributed by atoms with E-state index >= 15 is 0 Å². The van der Waals surface area contributed by atoms with E-state index in [1.165, 1.54) is 6.42 Å². The van der Waals surface area contributed by atoms with Crippen LogP contribution in [0.5, 0.6) is 0 Å². The predicted molar refractivity (Wildman–Crippen MR) is 69.5 cm³/mol. The van der Waals surface area contributed by atoms with Crippen molar-refractivity contribution in [2.45, 2.75) is 32.2 Å². The molecule has 1 aliphatic heterocycles. The molecule has 1 atom stereocenters. The molecule has 0 saturated carbocycles. The Labute approximate surface area is 109 Å². The Kier molecular flexibility index (Phi) is 3.71. The molecule has 0 bridgehead atoms. The van der Waals surface area contributed by atoms with Crippen LogP contribution in [-0.2, 0) is 4.79 Å². The maximum absolute atomic E-state index is 12.2. The Morgan fingerprint density at radius 1 is 1.47 bits per heavy atom. The highest BCUT2D eigenvalue weighted by Gasteiger charge is 2.24. The van der Waals surface area contributed by atoms with Crippen LogP contribution in [-0.4, -0.2) is 33.7 Å². The molecule has 17 heavy (non-hydrogen) atoms. The number of halogens is 1. The monoisotopic (exact) mass is 300 g/mol. The first-order chi connectivity index (χ1) is 8.09. The molecule has 1 amide bonds. The highest BCUT2D eigenvalue weighted by atomic mass is 79.9. The van der Waals surface area contributed by atoms with Crippen LogP contribution in [0, 0.1) is 0 Å². The SMILES string of the molecule is CC(C(=O)N1CCCCC1)n1cc(Br)c(N)n1. The van der Waals surface area contributed by atoms with Crippen LogP contribution in [0.3, 0.4) is 0 Å². The summed E-state index contributed by atoms with van der Waals surface area (Å²) in [5.41, 5.74) is 5.65. The van der Waals surface area contributed by atoms with Gasteiger partial charge in [0.05, 0.1) is 4.47 Å². The third-order valence-electron chi connectivity index (χ3n) is 3.14. The molecule has 1 saturated heterocycles. The summed E-state index contributed by atoms with van der Waals surface area (Å²) in [5.74, 6) is 0.544. The average Bonchev–Trinajstić information content (AvgIpc) is 2.69. The number of rotatable bonds is 2. The van der Waals surface area contributed by atoms with Gasteiger partial charge in [-0.1, -0.05) is 0 Å². The van der Waals surface area contributed by atoms with E-state index in [4.69, 9.17) is 5.73 Å². The van der Waals surface area contributed by atoms with E-state index in [-0.39, 0.29) is 11.9 Å². The van der Waals surface area contributed by atoms with Crippen LogP contribution in [0.4, 0.5) is 5.82 Å². The van der Waals surface area contributed by atoms with Gasteiger partial charge in [-0.3, -0.25) is 9.48 Å². The molecule has 5 nitrogen and oxygen atoms in total. The molecule has 0 spiro atoms. The smallest absolute Gasteiger partial charge is 0.247 e. The van der Waals surface area contributed by atoms with Crippen LogP contribution in [0.2, 0.25) is 0 Å². The summed E-state index contributed by atoms with van der Waals surface area (Å²) in [4.78, 5) is 14.1. The van der Waals surface area contributed by atoms with Crippen LogP contribution in [0.15, 0.2) is 10.7 Å². The number of nitrogens with zero attached hydrogens (tertiary/aromatic N) is 3. The topological polar surface area (TPSA) is 64.2 Å². The number of nitrogen functional groups attached to an aromatic ring is 1. The van der Waals surface area contributed by atoms with Gasteiger partial charge in [-0.25, -0.2) is 0 Å². The molecule has 0 aliphatic carbocycles. The number of hydrogen-bond acceptors (Lipinski definition) is 3. The van der Waals surface area contributed by atoms with E-state index in [1.54, 1.807) is 10.9 Å². The van der Waals surface area contributed by atoms with E-state index in [1.807, 2.05) is 11.8 Å². The summed E-state index contributed by atoms with van der Waals surface area (Å²) in [6, 6.07) is -0.290. The van der Waals surface area contributed by atoms with E-state index in [0.29, 0.717) is 5.82 Å². The fourth-order valence-electron chi connectivity index (χ4n) is 2.07. The molecule has 1 fully saturated rings. The molecule has 1 unspecified atom stereocenters. The van der Waals surface area contributed by atoms with Crippen LogP contribution >= 0.6 is 15.9 Å². The quantitative estimate of drug-likeness (QED) is 0.906. The maximum Gasteiger partial charge on any atom is 0.247 e. The molecule has 0 radical (unpaired) electrons. The van der Waals surface area contributed by atoms with Gasteiger partial charge in [0.15, 0.2) is 5.82 Å². The lowest BCUT2D eigenvalue weighted by Crippen LogP contribution is -2.39. The third-order valence-corrected chi connectivity index (χ3v) is 3.75. The fraction of sp³-hybridized carbons (Fsp3) is 0.636. The zero-order valence-corrected chi connectivity index (χ0v) is 11.5. The summed E-state index contributed by atoms with van der Waals surface area (Å²) in [6.45, 7) is 3.58. The van der Waals surface area contributed by atoms with Crippen LogP contribution in [0.25, 0.3) is 0 Å². The summed E-state index contributed by atoms with van der Waals surface area (Å²) >= 11 is 3.30. The van der Waals surface area contributed by atoms with Gasteiger partial charge >= 0.3 is 0 Å². The highest BCUT2D eigenvalue weighted by Crippen LogP contribution is 2.21. The Hall–Kier alpha value is -1.04. The lowest BCUT2D eigenvalue weighted by molar-refractivity contribution is -0.135. The predicted octanol–water partition coefficient (Wildman–Crippen LogP) is 1.80. The summed E-state index contributed by atoms with van der Waals surface area (Å²) in [5, 5.41) is 4.13. The first kappa shape index (κ1) is 12.4. The second-order valence-electron chi connectivity index (χ2n) is 4.40. The van der Waals surface area contributed by atoms with Crippen molar-refractivity contribution in [3.8, 4) is 0 Å². The summed E-state index contributed by atoms with van der Waals surface area (Å²) < 4.78 is 2.35. The molecule has 1 aliphatic rings. The number of hydrogen-bond donors (Lipinski definition) is 1. The van der Waals surface area contributed by atoms with Crippen LogP contribution in [0.1, 0.15) is 32.2 Å². The molecular weight excluding hydrogens is 284 g/mol. The van der Waals surface area contributed by atoms with Crippen molar-refractivity contribution in [3.63, 3.8) is 0 Å². The standard InChI is InChI=1S/C11H17BrN4O/c1-8(16-7-9(12)10(13)14-16)11(17)15-5-3-2-4-6-15/h7-8H,2-6H2,1H3,(H2,13,14). The normalized spacial score (nSPS) is 18.1. The highest BCUT2D eigenvalue weighted by molar-refractivity contribution is 9.10. The first-order valence-electron chi connectivity index (χ1n) is 5.88. The summed E-state index contributed by atoms with van der Waals surface area (Å²) in [6.07, 6.45) is 5.17. The van der Waals surface area contributed by atoms with Crippen molar-refractivity contribution in [2.24, 2.45) is 0 Å². The minimum absolute atomic E-state index is 0.125. The van der Waals surface area contributed by atoms with Crippen molar-refractivity contribution in [3.05, 3.63) is 10.7 Å². The zero-order chi connectivity index (χ0) is 12.4. The largest absolute Gasteiger partial charge is 0.381 e. The van der Waals surface area contributed by atoms with Crippen molar-refractivity contribution in [1.29, 1.82) is 0 Å². The number of piperidine rings is 1. The molecule has 1 aromatic heterocycles. The van der Waals surface area contributed by atoms with Gasteiger partial charge in [-0.2, -0.15) is 5.10 Å². The van der Waals surface area contributed by atoms with Gasteiger partial charge in [-0.05, 0) is 42.1 Å². The number of nitrogens with two attached hydrogens (primary N) is 1. The number of likely N-dealkylation sites (tertiary alicyclic amines) is 1. The van der Waals surface area contributed by atoms with Crippen molar-refractivity contribution in [2.75, 3.05) is 18.8 Å².